The van der Waals surface area contributed by atoms with Gasteiger partial charge in [0.25, 0.3) is 5.91 Å². The molecule has 1 heterocycles. The molecule has 138 valence electrons. The number of carbonyl (C=O) groups is 1. The molecule has 1 amide bonds. The monoisotopic (exact) mass is 374 g/mol. The van der Waals surface area contributed by atoms with E-state index in [1.807, 2.05) is 13.8 Å². The van der Waals surface area contributed by atoms with E-state index in [2.05, 4.69) is 0 Å². The summed E-state index contributed by atoms with van der Waals surface area (Å²) < 4.78 is 26.9. The second-order valence-electron chi connectivity index (χ2n) is 6.53. The molecule has 0 bridgehead atoms. The number of sulfonamides is 1. The Bertz CT molecular complexity index is 915. The van der Waals surface area contributed by atoms with Crippen molar-refractivity contribution in [1.82, 2.24) is 9.21 Å². The summed E-state index contributed by atoms with van der Waals surface area (Å²) in [5, 5.41) is 9.93. The molecule has 1 saturated heterocycles. The maximum atomic E-state index is 12.7. The van der Waals surface area contributed by atoms with Gasteiger partial charge in [0.1, 0.15) is 5.75 Å². The highest BCUT2D eigenvalue weighted by atomic mass is 32.2. The second kappa shape index (κ2) is 7.09. The van der Waals surface area contributed by atoms with Gasteiger partial charge in [-0.15, -0.1) is 0 Å². The zero-order valence-corrected chi connectivity index (χ0v) is 15.7. The number of hydrogen-bond acceptors (Lipinski definition) is 4. The number of benzene rings is 2. The Balaban J connectivity index is 1.71. The number of hydrogen-bond donors (Lipinski definition) is 1. The summed E-state index contributed by atoms with van der Waals surface area (Å²) in [5.74, 6) is -0.339. The Morgan fingerprint density at radius 2 is 1.50 bits per heavy atom. The molecule has 1 fully saturated rings. The van der Waals surface area contributed by atoms with E-state index >= 15 is 0 Å². The van der Waals surface area contributed by atoms with Crippen molar-refractivity contribution in [2.24, 2.45) is 0 Å². The van der Waals surface area contributed by atoms with Crippen molar-refractivity contribution in [2.45, 2.75) is 18.7 Å². The number of aromatic hydroxyl groups is 1. The maximum absolute atomic E-state index is 12.7. The summed E-state index contributed by atoms with van der Waals surface area (Å²) in [6, 6.07) is 11.6. The highest BCUT2D eigenvalue weighted by Gasteiger charge is 2.31. The van der Waals surface area contributed by atoms with Gasteiger partial charge in [0.05, 0.1) is 10.5 Å². The molecule has 3 rings (SSSR count). The first-order valence-electron chi connectivity index (χ1n) is 8.45. The minimum atomic E-state index is -3.56. The minimum absolute atomic E-state index is 0.0599. The third-order valence-corrected chi connectivity index (χ3v) is 6.48. The van der Waals surface area contributed by atoms with Crippen LogP contribution in [0.1, 0.15) is 21.5 Å². The third-order valence-electron chi connectivity index (χ3n) is 4.57. The van der Waals surface area contributed by atoms with Crippen LogP contribution in [0.15, 0.2) is 47.4 Å². The van der Waals surface area contributed by atoms with Gasteiger partial charge in [-0.05, 0) is 38.1 Å². The Kier molecular flexibility index (Phi) is 5.02. The Morgan fingerprint density at radius 1 is 0.923 bits per heavy atom. The van der Waals surface area contributed by atoms with Crippen LogP contribution < -0.4 is 0 Å². The Labute approximate surface area is 153 Å². The molecule has 7 heteroatoms. The SMILES string of the molecule is Cc1ccc(S(=O)(=O)N2CCN(C(=O)c3cc(C)ccc3O)CC2)cc1. The lowest BCUT2D eigenvalue weighted by Crippen LogP contribution is -2.50. The smallest absolute Gasteiger partial charge is 0.257 e. The van der Waals surface area contributed by atoms with Gasteiger partial charge in [-0.3, -0.25) is 4.79 Å². The summed E-state index contributed by atoms with van der Waals surface area (Å²) >= 11 is 0. The average molecular weight is 374 g/mol. The van der Waals surface area contributed by atoms with E-state index in [9.17, 15) is 18.3 Å². The molecule has 0 aromatic heterocycles. The Morgan fingerprint density at radius 3 is 2.12 bits per heavy atom. The summed E-state index contributed by atoms with van der Waals surface area (Å²) in [6.07, 6.45) is 0. The lowest BCUT2D eigenvalue weighted by molar-refractivity contribution is 0.0694. The molecule has 0 spiro atoms. The minimum Gasteiger partial charge on any atom is -0.507 e. The van der Waals surface area contributed by atoms with E-state index in [0.29, 0.717) is 0 Å². The summed E-state index contributed by atoms with van der Waals surface area (Å²) in [6.45, 7) is 4.79. The van der Waals surface area contributed by atoms with E-state index < -0.39 is 10.0 Å². The van der Waals surface area contributed by atoms with E-state index in [1.54, 1.807) is 41.3 Å². The molecule has 0 atom stereocenters. The van der Waals surface area contributed by atoms with Gasteiger partial charge in [-0.2, -0.15) is 4.31 Å². The van der Waals surface area contributed by atoms with Crippen molar-refractivity contribution in [3.05, 3.63) is 59.2 Å². The van der Waals surface area contributed by atoms with Crippen LogP contribution in [0.25, 0.3) is 0 Å². The predicted molar refractivity (Wildman–Crippen MR) is 98.7 cm³/mol. The number of amides is 1. The number of carbonyl (C=O) groups excluding carboxylic acids is 1. The van der Waals surface area contributed by atoms with Crippen LogP contribution in [0.2, 0.25) is 0 Å². The first-order chi connectivity index (χ1) is 12.3. The van der Waals surface area contributed by atoms with Crippen molar-refractivity contribution >= 4 is 15.9 Å². The van der Waals surface area contributed by atoms with Gasteiger partial charge in [-0.1, -0.05) is 29.3 Å². The molecule has 2 aromatic rings. The van der Waals surface area contributed by atoms with E-state index in [4.69, 9.17) is 0 Å². The molecular formula is C19H22N2O4S. The van der Waals surface area contributed by atoms with Crippen LogP contribution in [-0.2, 0) is 10.0 Å². The van der Waals surface area contributed by atoms with Crippen LogP contribution in [0.5, 0.6) is 5.75 Å². The summed E-state index contributed by atoms with van der Waals surface area (Å²) in [7, 11) is -3.56. The molecule has 0 aliphatic carbocycles. The van der Waals surface area contributed by atoms with Crippen molar-refractivity contribution < 1.29 is 18.3 Å². The van der Waals surface area contributed by atoms with Crippen molar-refractivity contribution in [3.8, 4) is 5.75 Å². The predicted octanol–water partition coefficient (Wildman–Crippen LogP) is 2.16. The second-order valence-corrected chi connectivity index (χ2v) is 8.47. The number of nitrogens with zero attached hydrogens (tertiary/aromatic N) is 2. The number of phenols is 1. The maximum Gasteiger partial charge on any atom is 0.257 e. The molecule has 26 heavy (non-hydrogen) atoms. The molecule has 0 radical (unpaired) electrons. The number of piperazine rings is 1. The fourth-order valence-electron chi connectivity index (χ4n) is 2.98. The van der Waals surface area contributed by atoms with Crippen LogP contribution in [-0.4, -0.2) is 54.8 Å². The zero-order valence-electron chi connectivity index (χ0n) is 14.8. The van der Waals surface area contributed by atoms with E-state index in [-0.39, 0.29) is 48.3 Å². The Hall–Kier alpha value is -2.38. The van der Waals surface area contributed by atoms with Crippen LogP contribution >= 0.6 is 0 Å². The average Bonchev–Trinajstić information content (AvgIpc) is 2.63. The van der Waals surface area contributed by atoms with Gasteiger partial charge < -0.3 is 10.0 Å². The molecule has 1 aliphatic rings. The molecule has 6 nitrogen and oxygen atoms in total. The van der Waals surface area contributed by atoms with Gasteiger partial charge in [0.15, 0.2) is 0 Å². The van der Waals surface area contributed by atoms with Crippen LogP contribution in [0, 0.1) is 13.8 Å². The molecular weight excluding hydrogens is 352 g/mol. The number of aryl methyl sites for hydroxylation is 2. The normalized spacial score (nSPS) is 15.8. The first-order valence-corrected chi connectivity index (χ1v) is 9.89. The quantitative estimate of drug-likeness (QED) is 0.893. The van der Waals surface area contributed by atoms with Gasteiger partial charge in [0, 0.05) is 26.2 Å². The third kappa shape index (κ3) is 3.59. The molecule has 0 unspecified atom stereocenters. The molecule has 2 aromatic carbocycles. The topological polar surface area (TPSA) is 77.9 Å². The lowest BCUT2D eigenvalue weighted by atomic mass is 10.1. The fraction of sp³-hybridized carbons (Fsp3) is 0.316. The summed E-state index contributed by atoms with van der Waals surface area (Å²) in [4.78, 5) is 14.5. The van der Waals surface area contributed by atoms with Crippen molar-refractivity contribution in [3.63, 3.8) is 0 Å². The zero-order chi connectivity index (χ0) is 18.9. The molecule has 1 aliphatic heterocycles. The molecule has 1 N–H and O–H groups in total. The van der Waals surface area contributed by atoms with E-state index in [0.717, 1.165) is 11.1 Å². The van der Waals surface area contributed by atoms with Crippen LogP contribution in [0.3, 0.4) is 0 Å². The fourth-order valence-corrected chi connectivity index (χ4v) is 4.40. The van der Waals surface area contributed by atoms with Crippen molar-refractivity contribution in [2.75, 3.05) is 26.2 Å². The van der Waals surface area contributed by atoms with Crippen LogP contribution in [0.4, 0.5) is 0 Å². The summed E-state index contributed by atoms with van der Waals surface area (Å²) in [5.41, 5.74) is 2.13. The number of rotatable bonds is 3. The van der Waals surface area contributed by atoms with Gasteiger partial charge in [-0.25, -0.2) is 8.42 Å². The van der Waals surface area contributed by atoms with Crippen molar-refractivity contribution in [1.29, 1.82) is 0 Å². The van der Waals surface area contributed by atoms with E-state index in [1.165, 1.54) is 10.4 Å². The molecule has 0 saturated carbocycles. The van der Waals surface area contributed by atoms with Gasteiger partial charge >= 0.3 is 0 Å². The lowest BCUT2D eigenvalue weighted by Gasteiger charge is -2.34. The highest BCUT2D eigenvalue weighted by Crippen LogP contribution is 2.22. The van der Waals surface area contributed by atoms with Gasteiger partial charge in [0.2, 0.25) is 10.0 Å². The highest BCUT2D eigenvalue weighted by molar-refractivity contribution is 7.89. The number of phenolic OH excluding ortho intramolecular Hbond substituents is 1. The standard InChI is InChI=1S/C19H22N2O4S/c1-14-3-6-16(7-4-14)26(24,25)21-11-9-20(10-12-21)19(23)17-13-15(2)5-8-18(17)22/h3-8,13,22H,9-12H2,1-2H3. The first kappa shape index (κ1) is 18.4. The largest absolute Gasteiger partial charge is 0.507 e.